The molecule has 2 rings (SSSR count). The molecule has 1 N–H and O–H groups in total. The lowest BCUT2D eigenvalue weighted by Crippen LogP contribution is -2.05. The molecule has 3 heteroatoms. The lowest BCUT2D eigenvalue weighted by molar-refractivity contribution is 0.413. The number of rotatable bonds is 5. The Kier molecular flexibility index (Phi) is 6.41. The summed E-state index contributed by atoms with van der Waals surface area (Å²) in [7, 11) is 1.69. The van der Waals surface area contributed by atoms with Crippen molar-refractivity contribution in [2.24, 2.45) is 0 Å². The van der Waals surface area contributed by atoms with Gasteiger partial charge < -0.3 is 9.84 Å². The number of phenolic OH excluding ortho intramolecular Hbond substituents is 1. The van der Waals surface area contributed by atoms with E-state index in [1.54, 1.807) is 13.2 Å². The normalized spacial score (nSPS) is 11.6. The third kappa shape index (κ3) is 3.97. The van der Waals surface area contributed by atoms with Gasteiger partial charge >= 0.3 is 0 Å². The molecule has 0 aliphatic carbocycles. The van der Waals surface area contributed by atoms with Gasteiger partial charge in [-0.25, -0.2) is 0 Å². The Bertz CT molecular complexity index is 732. The maximum absolute atomic E-state index is 10.3. The molecule has 0 unspecified atom stereocenters. The molecule has 2 aromatic carbocycles. The molecule has 25 heavy (non-hydrogen) atoms. The zero-order valence-corrected chi connectivity index (χ0v) is 18.4. The van der Waals surface area contributed by atoms with Gasteiger partial charge in [-0.1, -0.05) is 53.7 Å². The van der Waals surface area contributed by atoms with E-state index in [0.717, 1.165) is 14.9 Å². The van der Waals surface area contributed by atoms with Crippen LogP contribution in [0.3, 0.4) is 0 Å². The smallest absolute Gasteiger partial charge is 0.129 e. The summed E-state index contributed by atoms with van der Waals surface area (Å²) in [5, 5.41) is 10.3. The summed E-state index contributed by atoms with van der Waals surface area (Å²) in [6, 6.07) is 8.22. The lowest BCUT2D eigenvalue weighted by atomic mass is 9.81. The van der Waals surface area contributed by atoms with Gasteiger partial charge in [-0.2, -0.15) is 0 Å². The first-order valence-corrected chi connectivity index (χ1v) is 10.00. The number of phenols is 1. The van der Waals surface area contributed by atoms with E-state index in [0.29, 0.717) is 23.5 Å². The van der Waals surface area contributed by atoms with Crippen molar-refractivity contribution < 1.29 is 9.84 Å². The number of methoxy groups -OCH3 is 1. The molecular weight excluding hydrogens is 423 g/mol. The van der Waals surface area contributed by atoms with E-state index in [1.807, 2.05) is 6.07 Å². The van der Waals surface area contributed by atoms with Crippen LogP contribution in [0.25, 0.3) is 11.1 Å². The SMILES string of the molecule is COc1ccc(O)c(I)c1-c1c(C(C)C)cc(C(C)C)cc1C(C)C. The highest BCUT2D eigenvalue weighted by molar-refractivity contribution is 14.1. The fourth-order valence-electron chi connectivity index (χ4n) is 3.19. The molecule has 0 aliphatic rings. The summed E-state index contributed by atoms with van der Waals surface area (Å²) >= 11 is 2.23. The summed E-state index contributed by atoms with van der Waals surface area (Å²) in [6.45, 7) is 13.4. The zero-order chi connectivity index (χ0) is 18.9. The Morgan fingerprint density at radius 1 is 0.840 bits per heavy atom. The number of aromatic hydroxyl groups is 1. The van der Waals surface area contributed by atoms with Gasteiger partial charge in [0.25, 0.3) is 0 Å². The van der Waals surface area contributed by atoms with Crippen LogP contribution in [0.2, 0.25) is 0 Å². The molecule has 0 heterocycles. The highest BCUT2D eigenvalue weighted by Gasteiger charge is 2.23. The molecule has 2 nitrogen and oxygen atoms in total. The summed E-state index contributed by atoms with van der Waals surface area (Å²) in [5.41, 5.74) is 6.22. The van der Waals surface area contributed by atoms with Crippen LogP contribution in [0.5, 0.6) is 11.5 Å². The predicted octanol–water partition coefficient (Wildman–Crippen LogP) is 7.04. The average molecular weight is 452 g/mol. The van der Waals surface area contributed by atoms with Gasteiger partial charge in [0.05, 0.1) is 10.7 Å². The van der Waals surface area contributed by atoms with Crippen molar-refractivity contribution in [3.8, 4) is 22.6 Å². The van der Waals surface area contributed by atoms with Crippen LogP contribution in [0, 0.1) is 3.57 Å². The number of hydrogen-bond acceptors (Lipinski definition) is 2. The van der Waals surface area contributed by atoms with Crippen molar-refractivity contribution in [2.75, 3.05) is 7.11 Å². The van der Waals surface area contributed by atoms with Crippen molar-refractivity contribution in [1.82, 2.24) is 0 Å². The van der Waals surface area contributed by atoms with E-state index in [9.17, 15) is 5.11 Å². The van der Waals surface area contributed by atoms with Crippen molar-refractivity contribution in [3.63, 3.8) is 0 Å². The molecule has 0 atom stereocenters. The van der Waals surface area contributed by atoms with Crippen LogP contribution < -0.4 is 4.74 Å². The first kappa shape index (κ1) is 20.1. The number of benzene rings is 2. The molecule has 2 aromatic rings. The number of ether oxygens (including phenoxy) is 1. The van der Waals surface area contributed by atoms with E-state index >= 15 is 0 Å². The Balaban J connectivity index is 2.97. The third-order valence-electron chi connectivity index (χ3n) is 4.69. The van der Waals surface area contributed by atoms with Gasteiger partial charge in [0, 0.05) is 5.56 Å². The summed E-state index contributed by atoms with van der Waals surface area (Å²) < 4.78 is 6.51. The predicted molar refractivity (Wildman–Crippen MR) is 115 cm³/mol. The lowest BCUT2D eigenvalue weighted by Gasteiger charge is -2.25. The van der Waals surface area contributed by atoms with Crippen molar-refractivity contribution >= 4 is 22.6 Å². The summed E-state index contributed by atoms with van der Waals surface area (Å²) in [5.74, 6) is 2.36. The van der Waals surface area contributed by atoms with E-state index in [4.69, 9.17) is 4.74 Å². The molecule has 0 radical (unpaired) electrons. The Morgan fingerprint density at radius 3 is 1.76 bits per heavy atom. The maximum atomic E-state index is 10.3. The highest BCUT2D eigenvalue weighted by atomic mass is 127. The minimum Gasteiger partial charge on any atom is -0.507 e. The van der Waals surface area contributed by atoms with Crippen molar-refractivity contribution in [2.45, 2.75) is 59.3 Å². The van der Waals surface area contributed by atoms with Crippen LogP contribution in [-0.2, 0) is 0 Å². The van der Waals surface area contributed by atoms with Gasteiger partial charge in [-0.3, -0.25) is 0 Å². The second kappa shape index (κ2) is 7.98. The molecular formula is C22H29IO2. The molecule has 0 amide bonds. The third-order valence-corrected chi connectivity index (χ3v) is 5.78. The molecule has 136 valence electrons. The van der Waals surface area contributed by atoms with Gasteiger partial charge in [0.2, 0.25) is 0 Å². The second-order valence-corrected chi connectivity index (χ2v) is 8.59. The van der Waals surface area contributed by atoms with E-state index in [1.165, 1.54) is 22.3 Å². The quantitative estimate of drug-likeness (QED) is 0.493. The van der Waals surface area contributed by atoms with Gasteiger partial charge in [-0.15, -0.1) is 0 Å². The average Bonchev–Trinajstić information content (AvgIpc) is 2.55. The Hall–Kier alpha value is -1.23. The van der Waals surface area contributed by atoms with Gasteiger partial charge in [0.15, 0.2) is 0 Å². The molecule has 0 fully saturated rings. The highest BCUT2D eigenvalue weighted by Crippen LogP contribution is 2.46. The summed E-state index contributed by atoms with van der Waals surface area (Å²) in [6.07, 6.45) is 0. The Morgan fingerprint density at radius 2 is 1.36 bits per heavy atom. The second-order valence-electron chi connectivity index (χ2n) is 7.51. The van der Waals surface area contributed by atoms with Crippen molar-refractivity contribution in [3.05, 3.63) is 44.5 Å². The van der Waals surface area contributed by atoms with Crippen LogP contribution in [0.4, 0.5) is 0 Å². The van der Waals surface area contributed by atoms with Gasteiger partial charge in [-0.05, 0) is 74.7 Å². The molecule has 0 saturated heterocycles. The molecule has 0 aromatic heterocycles. The molecule has 0 aliphatic heterocycles. The monoisotopic (exact) mass is 452 g/mol. The number of hydrogen-bond donors (Lipinski definition) is 1. The fourth-order valence-corrected chi connectivity index (χ4v) is 3.91. The topological polar surface area (TPSA) is 29.5 Å². The minimum atomic E-state index is 0.300. The first-order valence-electron chi connectivity index (χ1n) is 8.92. The molecule has 0 bridgehead atoms. The van der Waals surface area contributed by atoms with Crippen LogP contribution in [0.15, 0.2) is 24.3 Å². The standard InChI is InChI=1S/C22H29IO2/c1-12(2)15-10-16(13(3)4)20(17(11-15)14(5)6)21-19(25-7)9-8-18(24)22(21)23/h8-14,24H,1-7H3. The van der Waals surface area contributed by atoms with Crippen LogP contribution in [0.1, 0.15) is 76.0 Å². The minimum absolute atomic E-state index is 0.300. The first-order chi connectivity index (χ1) is 11.7. The van der Waals surface area contributed by atoms with Crippen LogP contribution in [-0.4, -0.2) is 12.2 Å². The van der Waals surface area contributed by atoms with E-state index < -0.39 is 0 Å². The largest absolute Gasteiger partial charge is 0.507 e. The summed E-state index contributed by atoms with van der Waals surface area (Å²) in [4.78, 5) is 0. The van der Waals surface area contributed by atoms with E-state index in [-0.39, 0.29) is 0 Å². The zero-order valence-electron chi connectivity index (χ0n) is 16.3. The Labute approximate surface area is 165 Å². The van der Waals surface area contributed by atoms with E-state index in [2.05, 4.69) is 76.3 Å². The molecule has 0 saturated carbocycles. The number of halogens is 1. The van der Waals surface area contributed by atoms with Crippen molar-refractivity contribution in [1.29, 1.82) is 0 Å². The van der Waals surface area contributed by atoms with Gasteiger partial charge in [0.1, 0.15) is 11.5 Å². The fraction of sp³-hybridized carbons (Fsp3) is 0.455. The maximum Gasteiger partial charge on any atom is 0.129 e. The molecule has 0 spiro atoms. The van der Waals surface area contributed by atoms with Crippen LogP contribution >= 0.6 is 22.6 Å².